The minimum atomic E-state index is -0.348. The van der Waals surface area contributed by atoms with E-state index in [2.05, 4.69) is 20.6 Å². The third-order valence-electron chi connectivity index (χ3n) is 3.73. The highest BCUT2D eigenvalue weighted by molar-refractivity contribution is 14.0. The summed E-state index contributed by atoms with van der Waals surface area (Å²) in [6, 6.07) is 9.58. The van der Waals surface area contributed by atoms with E-state index in [-0.39, 0.29) is 35.4 Å². The Kier molecular flexibility index (Phi) is 9.44. The van der Waals surface area contributed by atoms with E-state index in [9.17, 15) is 4.39 Å². The van der Waals surface area contributed by atoms with Crippen LogP contribution < -0.4 is 15.4 Å². The predicted octanol–water partition coefficient (Wildman–Crippen LogP) is 3.72. The van der Waals surface area contributed by atoms with E-state index in [0.717, 1.165) is 5.56 Å². The summed E-state index contributed by atoms with van der Waals surface area (Å²) in [7, 11) is 3.39. The minimum Gasteiger partial charge on any atom is -0.439 e. The zero-order chi connectivity index (χ0) is 19.0. The van der Waals surface area contributed by atoms with Crippen molar-refractivity contribution in [2.24, 2.45) is 4.99 Å². The number of aromatic nitrogens is 1. The van der Waals surface area contributed by atoms with E-state index in [1.54, 1.807) is 38.6 Å². The Labute approximate surface area is 176 Å². The largest absolute Gasteiger partial charge is 0.439 e. The van der Waals surface area contributed by atoms with Crippen LogP contribution in [0.2, 0.25) is 0 Å². The molecule has 2 N–H and O–H groups in total. The molecule has 2 aromatic rings. The van der Waals surface area contributed by atoms with Crippen LogP contribution in [0.3, 0.4) is 0 Å². The molecular formula is C19H26FIN4O2. The quantitative estimate of drug-likeness (QED) is 0.354. The fraction of sp³-hybridized carbons (Fsp3) is 0.368. The average molecular weight is 488 g/mol. The topological polar surface area (TPSA) is 67.8 Å². The van der Waals surface area contributed by atoms with Crippen LogP contribution in [0.5, 0.6) is 11.6 Å². The number of methoxy groups -OCH3 is 1. The van der Waals surface area contributed by atoms with Crippen LogP contribution in [-0.4, -0.2) is 37.2 Å². The van der Waals surface area contributed by atoms with Crippen molar-refractivity contribution in [3.8, 4) is 11.6 Å². The van der Waals surface area contributed by atoms with Gasteiger partial charge in [-0.1, -0.05) is 12.1 Å². The van der Waals surface area contributed by atoms with Gasteiger partial charge in [0.1, 0.15) is 11.6 Å². The van der Waals surface area contributed by atoms with Gasteiger partial charge in [-0.2, -0.15) is 0 Å². The molecule has 27 heavy (non-hydrogen) atoms. The molecule has 6 nitrogen and oxygen atoms in total. The predicted molar refractivity (Wildman–Crippen MR) is 115 cm³/mol. The molecule has 0 fully saturated rings. The zero-order valence-corrected chi connectivity index (χ0v) is 18.3. The normalized spacial score (nSPS) is 11.5. The number of nitrogens with zero attached hydrogens (tertiary/aromatic N) is 2. The third kappa shape index (κ3) is 8.08. The summed E-state index contributed by atoms with van der Waals surface area (Å²) in [6.45, 7) is 5.17. The minimum absolute atomic E-state index is 0. The van der Waals surface area contributed by atoms with E-state index in [0.29, 0.717) is 30.7 Å². The smallest absolute Gasteiger partial charge is 0.219 e. The lowest BCUT2D eigenvalue weighted by Crippen LogP contribution is -2.45. The Bertz CT molecular complexity index is 739. The van der Waals surface area contributed by atoms with Crippen molar-refractivity contribution >= 4 is 29.9 Å². The molecule has 0 aliphatic carbocycles. The lowest BCUT2D eigenvalue weighted by atomic mass is 10.1. The van der Waals surface area contributed by atoms with Crippen LogP contribution in [-0.2, 0) is 11.3 Å². The highest BCUT2D eigenvalue weighted by atomic mass is 127. The van der Waals surface area contributed by atoms with Crippen LogP contribution in [0.15, 0.2) is 47.6 Å². The lowest BCUT2D eigenvalue weighted by molar-refractivity contribution is 0.0268. The van der Waals surface area contributed by atoms with Crippen molar-refractivity contribution in [1.29, 1.82) is 0 Å². The number of aliphatic imine (C=N–C) groups is 1. The molecule has 0 saturated heterocycles. The summed E-state index contributed by atoms with van der Waals surface area (Å²) in [5.74, 6) is 1.14. The van der Waals surface area contributed by atoms with Gasteiger partial charge in [0.2, 0.25) is 5.88 Å². The van der Waals surface area contributed by atoms with Crippen LogP contribution in [0.25, 0.3) is 0 Å². The van der Waals surface area contributed by atoms with Gasteiger partial charge in [-0.3, -0.25) is 4.99 Å². The van der Waals surface area contributed by atoms with Gasteiger partial charge in [0.15, 0.2) is 5.96 Å². The van der Waals surface area contributed by atoms with Gasteiger partial charge in [-0.25, -0.2) is 9.37 Å². The fourth-order valence-electron chi connectivity index (χ4n) is 2.00. The van der Waals surface area contributed by atoms with Crippen molar-refractivity contribution in [2.45, 2.75) is 26.0 Å². The Morgan fingerprint density at radius 2 is 2.00 bits per heavy atom. The maximum atomic E-state index is 13.2. The maximum Gasteiger partial charge on any atom is 0.219 e. The van der Waals surface area contributed by atoms with Gasteiger partial charge >= 0.3 is 0 Å². The molecule has 148 valence electrons. The molecule has 0 atom stereocenters. The SMILES string of the molecule is CN=C(NCc1ccc(Oc2cccc(F)c2)nc1)NCC(C)(C)OC.I. The van der Waals surface area contributed by atoms with Gasteiger partial charge in [-0.15, -0.1) is 24.0 Å². The first kappa shape index (κ1) is 23.1. The Morgan fingerprint density at radius 1 is 1.22 bits per heavy atom. The van der Waals surface area contributed by atoms with Crippen LogP contribution >= 0.6 is 24.0 Å². The number of rotatable bonds is 7. The zero-order valence-electron chi connectivity index (χ0n) is 16.0. The second-order valence-corrected chi connectivity index (χ2v) is 6.31. The molecule has 0 aliphatic rings. The molecule has 8 heteroatoms. The van der Waals surface area contributed by atoms with E-state index >= 15 is 0 Å². The molecule has 0 saturated carbocycles. The summed E-state index contributed by atoms with van der Waals surface area (Å²) >= 11 is 0. The average Bonchev–Trinajstić information content (AvgIpc) is 2.63. The van der Waals surface area contributed by atoms with Crippen molar-refractivity contribution in [2.75, 3.05) is 20.7 Å². The maximum absolute atomic E-state index is 13.2. The molecule has 1 heterocycles. The van der Waals surface area contributed by atoms with E-state index in [1.165, 1.54) is 12.1 Å². The highest BCUT2D eigenvalue weighted by Crippen LogP contribution is 2.19. The van der Waals surface area contributed by atoms with E-state index in [1.807, 2.05) is 19.9 Å². The Hall–Kier alpha value is -1.94. The first-order valence-electron chi connectivity index (χ1n) is 8.30. The summed E-state index contributed by atoms with van der Waals surface area (Å²) in [5.41, 5.74) is 0.681. The van der Waals surface area contributed by atoms with Crippen molar-refractivity contribution in [3.63, 3.8) is 0 Å². The van der Waals surface area contributed by atoms with Crippen molar-refractivity contribution in [1.82, 2.24) is 15.6 Å². The van der Waals surface area contributed by atoms with Crippen LogP contribution in [0, 0.1) is 5.82 Å². The fourth-order valence-corrected chi connectivity index (χ4v) is 2.00. The second-order valence-electron chi connectivity index (χ2n) is 6.31. The monoisotopic (exact) mass is 488 g/mol. The number of ether oxygens (including phenoxy) is 2. The first-order valence-corrected chi connectivity index (χ1v) is 8.30. The van der Waals surface area contributed by atoms with Crippen LogP contribution in [0.1, 0.15) is 19.4 Å². The van der Waals surface area contributed by atoms with Crippen molar-refractivity contribution < 1.29 is 13.9 Å². The summed E-state index contributed by atoms with van der Waals surface area (Å²) in [6.07, 6.45) is 1.70. The molecule has 0 aliphatic heterocycles. The van der Waals surface area contributed by atoms with E-state index < -0.39 is 0 Å². The van der Waals surface area contributed by atoms with Gasteiger partial charge in [0, 0.05) is 45.6 Å². The molecule has 0 radical (unpaired) electrons. The number of guanidine groups is 1. The Morgan fingerprint density at radius 3 is 2.59 bits per heavy atom. The van der Waals surface area contributed by atoms with Gasteiger partial charge in [0.25, 0.3) is 0 Å². The number of nitrogens with one attached hydrogen (secondary N) is 2. The molecule has 0 spiro atoms. The highest BCUT2D eigenvalue weighted by Gasteiger charge is 2.16. The second kappa shape index (κ2) is 11.0. The summed E-state index contributed by atoms with van der Waals surface area (Å²) in [5, 5.41) is 6.43. The van der Waals surface area contributed by atoms with Gasteiger partial charge < -0.3 is 20.1 Å². The summed E-state index contributed by atoms with van der Waals surface area (Å²) in [4.78, 5) is 8.42. The number of hydrogen-bond donors (Lipinski definition) is 2. The Balaban J connectivity index is 0.00000364. The van der Waals surface area contributed by atoms with Gasteiger partial charge in [-0.05, 0) is 31.5 Å². The number of benzene rings is 1. The standard InChI is InChI=1S/C19H25FN4O2.HI/c1-19(2,25-4)13-24-18(21-3)23-12-14-8-9-17(22-11-14)26-16-7-5-6-15(20)10-16;/h5-11H,12-13H2,1-4H3,(H2,21,23,24);1H. The van der Waals surface area contributed by atoms with E-state index in [4.69, 9.17) is 9.47 Å². The first-order chi connectivity index (χ1) is 12.4. The number of halogens is 2. The third-order valence-corrected chi connectivity index (χ3v) is 3.73. The van der Waals surface area contributed by atoms with Gasteiger partial charge in [0.05, 0.1) is 5.60 Å². The molecular weight excluding hydrogens is 462 g/mol. The molecule has 0 amide bonds. The molecule has 1 aromatic carbocycles. The molecule has 2 rings (SSSR count). The van der Waals surface area contributed by atoms with Crippen LogP contribution in [0.4, 0.5) is 4.39 Å². The number of hydrogen-bond acceptors (Lipinski definition) is 4. The molecule has 0 bridgehead atoms. The lowest BCUT2D eigenvalue weighted by Gasteiger charge is -2.24. The van der Waals surface area contributed by atoms with Crippen molar-refractivity contribution in [3.05, 3.63) is 54.0 Å². The summed E-state index contributed by atoms with van der Waals surface area (Å²) < 4.78 is 24.1. The number of pyridine rings is 1. The molecule has 1 aromatic heterocycles. The molecule has 0 unspecified atom stereocenters.